The van der Waals surface area contributed by atoms with Crippen LogP contribution in [0.5, 0.6) is 0 Å². The summed E-state index contributed by atoms with van der Waals surface area (Å²) in [6.07, 6.45) is 4.40. The van der Waals surface area contributed by atoms with Gasteiger partial charge in [-0.1, -0.05) is 19.6 Å². The van der Waals surface area contributed by atoms with Crippen molar-refractivity contribution in [3.8, 4) is 0 Å². The van der Waals surface area contributed by atoms with Gasteiger partial charge >= 0.3 is 6.09 Å². The first-order valence-corrected chi connectivity index (χ1v) is 6.49. The first-order valence-electron chi connectivity index (χ1n) is 6.49. The van der Waals surface area contributed by atoms with E-state index in [1.54, 1.807) is 11.0 Å². The van der Waals surface area contributed by atoms with Crippen LogP contribution in [0.4, 0.5) is 4.79 Å². The first-order chi connectivity index (χ1) is 8.67. The van der Waals surface area contributed by atoms with Crippen LogP contribution in [0.2, 0.25) is 0 Å². The highest BCUT2D eigenvalue weighted by molar-refractivity contribution is 5.76. The molecule has 1 heterocycles. The Morgan fingerprint density at radius 2 is 2.33 bits per heavy atom. The number of amides is 2. The maximum Gasteiger partial charge on any atom is 0.410 e. The van der Waals surface area contributed by atoms with Gasteiger partial charge in [-0.25, -0.2) is 4.79 Å². The zero-order valence-electron chi connectivity index (χ0n) is 11.0. The second-order valence-corrected chi connectivity index (χ2v) is 4.47. The average Bonchev–Trinajstić information content (AvgIpc) is 2.36. The Kier molecular flexibility index (Phi) is 6.25. The molecule has 1 atom stereocenters. The van der Waals surface area contributed by atoms with Gasteiger partial charge in [0.05, 0.1) is 0 Å². The van der Waals surface area contributed by atoms with Gasteiger partial charge in [0.15, 0.2) is 0 Å². The summed E-state index contributed by atoms with van der Waals surface area (Å²) in [5.74, 6) is 0.0591. The summed E-state index contributed by atoms with van der Waals surface area (Å²) >= 11 is 0. The Labute approximate surface area is 108 Å². The number of nitrogens with zero attached hydrogens (tertiary/aromatic N) is 1. The average molecular weight is 254 g/mol. The van der Waals surface area contributed by atoms with E-state index in [1.165, 1.54) is 0 Å². The zero-order chi connectivity index (χ0) is 13.4. The SMILES string of the molecule is C=CCOC(=O)N1CCCC(NC(=O)CCC)C1. The van der Waals surface area contributed by atoms with E-state index in [0.717, 1.165) is 19.3 Å². The van der Waals surface area contributed by atoms with Gasteiger partial charge in [0.1, 0.15) is 6.61 Å². The van der Waals surface area contributed by atoms with E-state index in [4.69, 9.17) is 4.74 Å². The van der Waals surface area contributed by atoms with Crippen LogP contribution >= 0.6 is 0 Å². The van der Waals surface area contributed by atoms with Crippen LogP contribution in [0.3, 0.4) is 0 Å². The van der Waals surface area contributed by atoms with E-state index >= 15 is 0 Å². The molecule has 0 aromatic carbocycles. The molecule has 0 bridgehead atoms. The summed E-state index contributed by atoms with van der Waals surface area (Å²) < 4.78 is 4.99. The molecule has 102 valence electrons. The predicted molar refractivity (Wildman–Crippen MR) is 69.2 cm³/mol. The third kappa shape index (κ3) is 4.77. The molecule has 1 aliphatic heterocycles. The molecule has 1 rings (SSSR count). The maximum absolute atomic E-state index is 11.7. The van der Waals surface area contributed by atoms with Crippen molar-refractivity contribution in [1.82, 2.24) is 10.2 Å². The van der Waals surface area contributed by atoms with Crippen molar-refractivity contribution in [2.45, 2.75) is 38.6 Å². The standard InChI is InChI=1S/C13H22N2O3/c1-3-6-12(16)14-11-7-5-8-15(10-11)13(17)18-9-4-2/h4,11H,2-3,5-10H2,1H3,(H,14,16). The van der Waals surface area contributed by atoms with Crippen molar-refractivity contribution >= 4 is 12.0 Å². The lowest BCUT2D eigenvalue weighted by Gasteiger charge is -2.32. The molecular formula is C13H22N2O3. The lowest BCUT2D eigenvalue weighted by Crippen LogP contribution is -2.49. The fraction of sp³-hybridized carbons (Fsp3) is 0.692. The Bertz CT molecular complexity index is 305. The highest BCUT2D eigenvalue weighted by atomic mass is 16.6. The summed E-state index contributed by atoms with van der Waals surface area (Å²) in [5.41, 5.74) is 0. The molecule has 1 unspecified atom stereocenters. The quantitative estimate of drug-likeness (QED) is 0.759. The van der Waals surface area contributed by atoms with Gasteiger partial charge in [-0.2, -0.15) is 0 Å². The van der Waals surface area contributed by atoms with Gasteiger partial charge in [-0.3, -0.25) is 4.79 Å². The summed E-state index contributed by atoms with van der Waals surface area (Å²) in [4.78, 5) is 24.8. The fourth-order valence-electron chi connectivity index (χ4n) is 2.01. The van der Waals surface area contributed by atoms with Gasteiger partial charge in [0.2, 0.25) is 5.91 Å². The van der Waals surface area contributed by atoms with E-state index in [1.807, 2.05) is 6.92 Å². The second kappa shape index (κ2) is 7.74. The van der Waals surface area contributed by atoms with Crippen LogP contribution < -0.4 is 5.32 Å². The van der Waals surface area contributed by atoms with Crippen molar-refractivity contribution in [1.29, 1.82) is 0 Å². The summed E-state index contributed by atoms with van der Waals surface area (Å²) in [6.45, 7) is 6.92. The Balaban J connectivity index is 2.38. The number of ether oxygens (including phenoxy) is 1. The van der Waals surface area contributed by atoms with E-state index < -0.39 is 0 Å². The summed E-state index contributed by atoms with van der Waals surface area (Å²) in [5, 5.41) is 2.95. The van der Waals surface area contributed by atoms with Gasteiger partial charge in [0.25, 0.3) is 0 Å². The molecule has 0 aromatic rings. The molecular weight excluding hydrogens is 232 g/mol. The van der Waals surface area contributed by atoms with E-state index in [-0.39, 0.29) is 24.6 Å². The molecule has 0 aliphatic carbocycles. The lowest BCUT2D eigenvalue weighted by molar-refractivity contribution is -0.122. The van der Waals surface area contributed by atoms with Crippen LogP contribution in [0.15, 0.2) is 12.7 Å². The Morgan fingerprint density at radius 3 is 3.00 bits per heavy atom. The smallest absolute Gasteiger partial charge is 0.410 e. The number of carbonyl (C=O) groups excluding carboxylic acids is 2. The molecule has 1 saturated heterocycles. The normalized spacial score (nSPS) is 19.2. The molecule has 1 aliphatic rings. The number of carbonyl (C=O) groups is 2. The fourth-order valence-corrected chi connectivity index (χ4v) is 2.01. The van der Waals surface area contributed by atoms with E-state index in [0.29, 0.717) is 19.5 Å². The molecule has 5 heteroatoms. The lowest BCUT2D eigenvalue weighted by atomic mass is 10.1. The molecule has 5 nitrogen and oxygen atoms in total. The van der Waals surface area contributed by atoms with Gasteiger partial charge in [-0.15, -0.1) is 0 Å². The molecule has 1 N–H and O–H groups in total. The monoisotopic (exact) mass is 254 g/mol. The van der Waals surface area contributed by atoms with Crippen molar-refractivity contribution in [2.75, 3.05) is 19.7 Å². The number of hydrogen-bond donors (Lipinski definition) is 1. The molecule has 0 spiro atoms. The minimum atomic E-state index is -0.329. The van der Waals surface area contributed by atoms with Crippen LogP contribution in [0.25, 0.3) is 0 Å². The molecule has 18 heavy (non-hydrogen) atoms. The zero-order valence-corrected chi connectivity index (χ0v) is 11.0. The first kappa shape index (κ1) is 14.5. The molecule has 0 aromatic heterocycles. The summed E-state index contributed by atoms with van der Waals surface area (Å²) in [7, 11) is 0. The van der Waals surface area contributed by atoms with Crippen LogP contribution in [-0.4, -0.2) is 42.6 Å². The Hall–Kier alpha value is -1.52. The Morgan fingerprint density at radius 1 is 1.56 bits per heavy atom. The minimum absolute atomic E-state index is 0.0501. The number of piperidine rings is 1. The topological polar surface area (TPSA) is 58.6 Å². The minimum Gasteiger partial charge on any atom is -0.445 e. The molecule has 0 saturated carbocycles. The second-order valence-electron chi connectivity index (χ2n) is 4.47. The molecule has 1 fully saturated rings. The van der Waals surface area contributed by atoms with Crippen molar-refractivity contribution in [2.24, 2.45) is 0 Å². The predicted octanol–water partition coefficient (Wildman–Crippen LogP) is 1.69. The molecule has 0 radical (unpaired) electrons. The van der Waals surface area contributed by atoms with Gasteiger partial charge in [-0.05, 0) is 19.3 Å². The highest BCUT2D eigenvalue weighted by Gasteiger charge is 2.25. The number of likely N-dealkylation sites (tertiary alicyclic amines) is 1. The number of hydrogen-bond acceptors (Lipinski definition) is 3. The highest BCUT2D eigenvalue weighted by Crippen LogP contribution is 2.11. The van der Waals surface area contributed by atoms with Crippen molar-refractivity contribution in [3.63, 3.8) is 0 Å². The summed E-state index contributed by atoms with van der Waals surface area (Å²) in [6, 6.07) is 0.0501. The van der Waals surface area contributed by atoms with E-state index in [9.17, 15) is 9.59 Å². The van der Waals surface area contributed by atoms with Crippen LogP contribution in [0, 0.1) is 0 Å². The van der Waals surface area contributed by atoms with E-state index in [2.05, 4.69) is 11.9 Å². The van der Waals surface area contributed by atoms with Crippen molar-refractivity contribution < 1.29 is 14.3 Å². The number of nitrogens with one attached hydrogen (secondary N) is 1. The van der Waals surface area contributed by atoms with Crippen LogP contribution in [0.1, 0.15) is 32.6 Å². The van der Waals surface area contributed by atoms with Gasteiger partial charge in [0, 0.05) is 25.6 Å². The third-order valence-corrected chi connectivity index (χ3v) is 2.85. The number of rotatable bonds is 5. The largest absolute Gasteiger partial charge is 0.445 e. The van der Waals surface area contributed by atoms with Crippen molar-refractivity contribution in [3.05, 3.63) is 12.7 Å². The third-order valence-electron chi connectivity index (χ3n) is 2.85. The van der Waals surface area contributed by atoms with Crippen LogP contribution in [-0.2, 0) is 9.53 Å². The van der Waals surface area contributed by atoms with Gasteiger partial charge < -0.3 is 15.0 Å². The molecule has 2 amide bonds. The maximum atomic E-state index is 11.7.